The van der Waals surface area contributed by atoms with E-state index in [-0.39, 0.29) is 6.03 Å². The number of aromatic nitrogens is 1. The molecule has 33 heavy (non-hydrogen) atoms. The van der Waals surface area contributed by atoms with Crippen LogP contribution in [-0.2, 0) is 0 Å². The highest BCUT2D eigenvalue weighted by Crippen LogP contribution is 2.30. The van der Waals surface area contributed by atoms with Gasteiger partial charge in [-0.15, -0.1) is 11.8 Å². The van der Waals surface area contributed by atoms with Gasteiger partial charge < -0.3 is 20.9 Å². The fourth-order valence-electron chi connectivity index (χ4n) is 4.41. The Morgan fingerprint density at radius 3 is 2.48 bits per heavy atom. The first-order valence-electron chi connectivity index (χ1n) is 11.5. The van der Waals surface area contributed by atoms with Crippen LogP contribution in [0, 0.1) is 5.92 Å². The molecule has 0 bridgehead atoms. The van der Waals surface area contributed by atoms with Gasteiger partial charge >= 0.3 is 6.03 Å². The molecule has 1 saturated carbocycles. The minimum atomic E-state index is -0.135. The zero-order chi connectivity index (χ0) is 23.2. The standard InChI is InChI=1S/C26H33N5OS/c1-31(2)24-16-25(30-23-7-5-4-6-22(23)24)28-19-10-8-18(9-11-19)17-27-26(32)29-20-12-14-21(33-3)15-13-20/h4-7,12-16,18-19H,8-11,17H2,1-3H3,(H,28,30)(H2,27,29,32). The Labute approximate surface area is 200 Å². The Balaban J connectivity index is 1.25. The zero-order valence-electron chi connectivity index (χ0n) is 19.6. The van der Waals surface area contributed by atoms with E-state index in [1.54, 1.807) is 11.8 Å². The number of hydrogen-bond acceptors (Lipinski definition) is 5. The largest absolute Gasteiger partial charge is 0.377 e. The van der Waals surface area contributed by atoms with Crippen LogP contribution in [0.3, 0.4) is 0 Å². The summed E-state index contributed by atoms with van der Waals surface area (Å²) in [7, 11) is 4.14. The van der Waals surface area contributed by atoms with Gasteiger partial charge in [0.05, 0.1) is 5.52 Å². The molecule has 0 saturated heterocycles. The number of para-hydroxylation sites is 1. The van der Waals surface area contributed by atoms with E-state index in [1.807, 2.05) is 36.6 Å². The number of carbonyl (C=O) groups excluding carboxylic acids is 1. The molecule has 1 fully saturated rings. The fraction of sp³-hybridized carbons (Fsp3) is 0.385. The summed E-state index contributed by atoms with van der Waals surface area (Å²) in [6, 6.07) is 18.6. The number of fused-ring (bicyclic) bond motifs is 1. The van der Waals surface area contributed by atoms with Gasteiger partial charge in [-0.3, -0.25) is 0 Å². The molecule has 0 unspecified atom stereocenters. The van der Waals surface area contributed by atoms with E-state index in [0.717, 1.165) is 42.7 Å². The Morgan fingerprint density at radius 2 is 1.79 bits per heavy atom. The van der Waals surface area contributed by atoms with Crippen LogP contribution in [0.15, 0.2) is 59.5 Å². The predicted molar refractivity (Wildman–Crippen MR) is 141 cm³/mol. The number of anilines is 3. The number of thioether (sulfide) groups is 1. The van der Waals surface area contributed by atoms with Crippen LogP contribution in [0.1, 0.15) is 25.7 Å². The average molecular weight is 464 g/mol. The molecule has 1 aromatic heterocycles. The lowest BCUT2D eigenvalue weighted by Gasteiger charge is -2.30. The second kappa shape index (κ2) is 10.8. The molecule has 3 aromatic rings. The van der Waals surface area contributed by atoms with Crippen LogP contribution >= 0.6 is 11.8 Å². The van der Waals surface area contributed by atoms with Crippen molar-refractivity contribution in [3.63, 3.8) is 0 Å². The highest BCUT2D eigenvalue weighted by Gasteiger charge is 2.22. The Morgan fingerprint density at radius 1 is 1.06 bits per heavy atom. The predicted octanol–water partition coefficient (Wildman–Crippen LogP) is 5.82. The van der Waals surface area contributed by atoms with E-state index in [0.29, 0.717) is 18.5 Å². The zero-order valence-corrected chi connectivity index (χ0v) is 20.4. The third-order valence-electron chi connectivity index (χ3n) is 6.27. The summed E-state index contributed by atoms with van der Waals surface area (Å²) in [5, 5.41) is 10.8. The monoisotopic (exact) mass is 463 g/mol. The average Bonchev–Trinajstić information content (AvgIpc) is 2.83. The number of nitrogens with zero attached hydrogens (tertiary/aromatic N) is 2. The number of rotatable bonds is 7. The van der Waals surface area contributed by atoms with Crippen LogP contribution in [-0.4, -0.2) is 44.0 Å². The van der Waals surface area contributed by atoms with E-state index in [9.17, 15) is 4.79 Å². The normalized spacial score (nSPS) is 18.0. The second-order valence-corrected chi connectivity index (χ2v) is 9.74. The molecule has 2 amide bonds. The smallest absolute Gasteiger partial charge is 0.319 e. The van der Waals surface area contributed by atoms with Gasteiger partial charge in [0.25, 0.3) is 0 Å². The maximum absolute atomic E-state index is 12.3. The van der Waals surface area contributed by atoms with Gasteiger partial charge in [0.15, 0.2) is 0 Å². The summed E-state index contributed by atoms with van der Waals surface area (Å²) < 4.78 is 0. The summed E-state index contributed by atoms with van der Waals surface area (Å²) in [5.41, 5.74) is 3.01. The summed E-state index contributed by atoms with van der Waals surface area (Å²) in [6.07, 6.45) is 6.38. The SMILES string of the molecule is CSc1ccc(NC(=O)NCC2CCC(Nc3cc(N(C)C)c4ccccc4n3)CC2)cc1. The number of pyridine rings is 1. The summed E-state index contributed by atoms with van der Waals surface area (Å²) in [4.78, 5) is 20.4. The molecule has 0 atom stereocenters. The molecular formula is C26H33N5OS. The van der Waals surface area contributed by atoms with Crippen molar-refractivity contribution in [3.05, 3.63) is 54.6 Å². The first-order chi connectivity index (χ1) is 16.0. The first-order valence-corrected chi connectivity index (χ1v) is 12.8. The second-order valence-electron chi connectivity index (χ2n) is 8.86. The number of carbonyl (C=O) groups is 1. The molecule has 0 spiro atoms. The van der Waals surface area contributed by atoms with Crippen LogP contribution < -0.4 is 20.9 Å². The molecule has 1 heterocycles. The topological polar surface area (TPSA) is 69.3 Å². The van der Waals surface area contributed by atoms with Crippen LogP contribution in [0.2, 0.25) is 0 Å². The molecule has 0 radical (unpaired) electrons. The molecule has 1 aliphatic rings. The molecule has 7 heteroatoms. The lowest BCUT2D eigenvalue weighted by atomic mass is 9.86. The van der Waals surface area contributed by atoms with Crippen LogP contribution in [0.5, 0.6) is 0 Å². The van der Waals surface area contributed by atoms with Gasteiger partial charge in [-0.2, -0.15) is 0 Å². The van der Waals surface area contributed by atoms with E-state index < -0.39 is 0 Å². The molecule has 6 nitrogen and oxygen atoms in total. The van der Waals surface area contributed by atoms with E-state index >= 15 is 0 Å². The third kappa shape index (κ3) is 6.11. The number of benzene rings is 2. The lowest BCUT2D eigenvalue weighted by Crippen LogP contribution is -2.36. The van der Waals surface area contributed by atoms with Crippen molar-refractivity contribution in [3.8, 4) is 0 Å². The number of amides is 2. The first kappa shape index (κ1) is 23.2. The van der Waals surface area contributed by atoms with Gasteiger partial charge in [-0.25, -0.2) is 9.78 Å². The highest BCUT2D eigenvalue weighted by atomic mass is 32.2. The van der Waals surface area contributed by atoms with Gasteiger partial charge in [-0.05, 0) is 68.2 Å². The van der Waals surface area contributed by atoms with Crippen molar-refractivity contribution in [2.24, 2.45) is 5.92 Å². The van der Waals surface area contributed by atoms with E-state index in [4.69, 9.17) is 4.98 Å². The van der Waals surface area contributed by atoms with Gasteiger partial charge in [0.1, 0.15) is 5.82 Å². The Hall–Kier alpha value is -2.93. The summed E-state index contributed by atoms with van der Waals surface area (Å²) in [6.45, 7) is 0.709. The van der Waals surface area contributed by atoms with E-state index in [2.05, 4.69) is 59.2 Å². The molecule has 4 rings (SSSR count). The summed E-state index contributed by atoms with van der Waals surface area (Å²) >= 11 is 1.69. The van der Waals surface area contributed by atoms with Crippen molar-refractivity contribution < 1.29 is 4.79 Å². The molecule has 174 valence electrons. The van der Waals surface area contributed by atoms with Crippen molar-refractivity contribution in [1.29, 1.82) is 0 Å². The molecule has 1 aliphatic carbocycles. The van der Waals surface area contributed by atoms with Gasteiger partial charge in [0, 0.05) is 54.4 Å². The van der Waals surface area contributed by atoms with Crippen molar-refractivity contribution in [2.45, 2.75) is 36.6 Å². The number of hydrogen-bond donors (Lipinski definition) is 3. The minimum absolute atomic E-state index is 0.135. The van der Waals surface area contributed by atoms with E-state index in [1.165, 1.54) is 16.0 Å². The Kier molecular flexibility index (Phi) is 7.60. The maximum atomic E-state index is 12.3. The quantitative estimate of drug-likeness (QED) is 0.386. The molecule has 0 aliphatic heterocycles. The lowest BCUT2D eigenvalue weighted by molar-refractivity contribution is 0.246. The van der Waals surface area contributed by atoms with Crippen LogP contribution in [0.4, 0.5) is 22.0 Å². The van der Waals surface area contributed by atoms with Crippen molar-refractivity contribution in [2.75, 3.05) is 42.4 Å². The molecule has 2 aromatic carbocycles. The Bertz CT molecular complexity index is 1080. The van der Waals surface area contributed by atoms with Crippen molar-refractivity contribution >= 4 is 45.9 Å². The summed E-state index contributed by atoms with van der Waals surface area (Å²) in [5.74, 6) is 1.44. The highest BCUT2D eigenvalue weighted by molar-refractivity contribution is 7.98. The van der Waals surface area contributed by atoms with Crippen LogP contribution in [0.25, 0.3) is 10.9 Å². The number of urea groups is 1. The van der Waals surface area contributed by atoms with Gasteiger partial charge in [-0.1, -0.05) is 18.2 Å². The molecular weight excluding hydrogens is 430 g/mol. The van der Waals surface area contributed by atoms with Gasteiger partial charge in [0.2, 0.25) is 0 Å². The maximum Gasteiger partial charge on any atom is 0.319 e. The number of nitrogens with one attached hydrogen (secondary N) is 3. The van der Waals surface area contributed by atoms with Crippen molar-refractivity contribution in [1.82, 2.24) is 10.3 Å². The minimum Gasteiger partial charge on any atom is -0.377 e. The molecule has 3 N–H and O–H groups in total. The third-order valence-corrected chi connectivity index (χ3v) is 7.02. The fourth-order valence-corrected chi connectivity index (χ4v) is 4.82.